The fourth-order valence-electron chi connectivity index (χ4n) is 4.31. The van der Waals surface area contributed by atoms with Crippen LogP contribution in [0.5, 0.6) is 0 Å². The van der Waals surface area contributed by atoms with E-state index in [-0.39, 0.29) is 11.9 Å². The molecule has 2 heterocycles. The number of carboxylic acid groups (broad SMARTS) is 1. The Labute approximate surface area is 134 Å². The van der Waals surface area contributed by atoms with Crippen LogP contribution in [0.15, 0.2) is 30.5 Å². The summed E-state index contributed by atoms with van der Waals surface area (Å²) in [7, 11) is 0. The first kappa shape index (κ1) is 14.3. The molecule has 2 fully saturated rings. The van der Waals surface area contributed by atoms with Gasteiger partial charge in [0.25, 0.3) is 5.91 Å². The number of H-pyrrole nitrogens is 1. The number of hydrogen-bond donors (Lipinski definition) is 2. The Morgan fingerprint density at radius 1 is 1.17 bits per heavy atom. The molecule has 4 rings (SSSR count). The van der Waals surface area contributed by atoms with Gasteiger partial charge in [0.15, 0.2) is 0 Å². The van der Waals surface area contributed by atoms with Gasteiger partial charge >= 0.3 is 5.97 Å². The number of carbonyl (C=O) groups is 2. The summed E-state index contributed by atoms with van der Waals surface area (Å²) in [5.41, 5.74) is 1.56. The first-order valence-electron chi connectivity index (χ1n) is 8.28. The van der Waals surface area contributed by atoms with E-state index in [2.05, 4.69) is 4.98 Å². The van der Waals surface area contributed by atoms with Crippen molar-refractivity contribution in [3.05, 3.63) is 36.0 Å². The van der Waals surface area contributed by atoms with Gasteiger partial charge in [-0.1, -0.05) is 12.8 Å². The molecule has 3 atom stereocenters. The van der Waals surface area contributed by atoms with E-state index in [4.69, 9.17) is 0 Å². The van der Waals surface area contributed by atoms with Crippen LogP contribution in [0.1, 0.15) is 42.5 Å². The molecule has 0 spiro atoms. The molecule has 120 valence electrons. The Bertz CT molecular complexity index is 766. The predicted molar refractivity (Wildman–Crippen MR) is 86.3 cm³/mol. The quantitative estimate of drug-likeness (QED) is 0.895. The fraction of sp³-hybridized carbons (Fsp3) is 0.444. The third-order valence-corrected chi connectivity index (χ3v) is 5.41. The number of carboxylic acids is 1. The number of aromatic nitrogens is 1. The van der Waals surface area contributed by atoms with Crippen molar-refractivity contribution in [3.63, 3.8) is 0 Å². The summed E-state index contributed by atoms with van der Waals surface area (Å²) in [5, 5.41) is 10.5. The predicted octanol–water partition coefficient (Wildman–Crippen LogP) is 3.03. The van der Waals surface area contributed by atoms with Gasteiger partial charge in [0.2, 0.25) is 0 Å². The fourth-order valence-corrected chi connectivity index (χ4v) is 4.31. The van der Waals surface area contributed by atoms with Crippen LogP contribution in [0.2, 0.25) is 0 Å². The SMILES string of the molecule is O=C(O)[C@@H]1C[C@@H]2CCCC[C@H]2N1C(=O)c1ccc2[nH]ccc2c1. The van der Waals surface area contributed by atoms with Crippen molar-refractivity contribution in [1.82, 2.24) is 9.88 Å². The molecule has 1 saturated heterocycles. The molecule has 0 unspecified atom stereocenters. The minimum Gasteiger partial charge on any atom is -0.480 e. The Morgan fingerprint density at radius 3 is 2.83 bits per heavy atom. The molecular formula is C18H20N2O3. The van der Waals surface area contributed by atoms with Crippen LogP contribution in [0.3, 0.4) is 0 Å². The van der Waals surface area contributed by atoms with Crippen LogP contribution < -0.4 is 0 Å². The average Bonchev–Trinajstić information content (AvgIpc) is 3.17. The lowest BCUT2D eigenvalue weighted by atomic mass is 9.84. The number of benzene rings is 1. The van der Waals surface area contributed by atoms with Gasteiger partial charge in [-0.25, -0.2) is 4.79 Å². The highest BCUT2D eigenvalue weighted by molar-refractivity contribution is 6.00. The summed E-state index contributed by atoms with van der Waals surface area (Å²) in [6, 6.07) is 6.84. The number of rotatable bonds is 2. The van der Waals surface area contributed by atoms with E-state index >= 15 is 0 Å². The van der Waals surface area contributed by atoms with Crippen LogP contribution in [0.4, 0.5) is 0 Å². The number of hydrogen-bond acceptors (Lipinski definition) is 2. The Morgan fingerprint density at radius 2 is 2.00 bits per heavy atom. The van der Waals surface area contributed by atoms with Gasteiger partial charge in [-0.2, -0.15) is 0 Å². The lowest BCUT2D eigenvalue weighted by molar-refractivity contribution is -0.141. The standard InChI is InChI=1S/C18H20N2O3/c21-17(13-5-6-14-11(9-13)7-8-19-14)20-15-4-2-1-3-12(15)10-16(20)18(22)23/h5-9,12,15-16,19H,1-4,10H2,(H,22,23)/t12-,15+,16-/m0/s1. The monoisotopic (exact) mass is 312 g/mol. The summed E-state index contributed by atoms with van der Waals surface area (Å²) in [5.74, 6) is -0.685. The number of aliphatic carboxylic acids is 1. The lowest BCUT2D eigenvalue weighted by Crippen LogP contribution is -2.46. The number of likely N-dealkylation sites (tertiary alicyclic amines) is 1. The molecule has 2 aromatic rings. The third kappa shape index (κ3) is 2.31. The van der Waals surface area contributed by atoms with E-state index in [1.807, 2.05) is 24.4 Å². The van der Waals surface area contributed by atoms with Crippen LogP contribution >= 0.6 is 0 Å². The van der Waals surface area contributed by atoms with Crippen molar-refractivity contribution >= 4 is 22.8 Å². The van der Waals surface area contributed by atoms with E-state index < -0.39 is 12.0 Å². The highest BCUT2D eigenvalue weighted by Gasteiger charge is 2.47. The van der Waals surface area contributed by atoms with Gasteiger partial charge in [0.1, 0.15) is 6.04 Å². The molecule has 1 aliphatic heterocycles. The topological polar surface area (TPSA) is 73.4 Å². The zero-order valence-corrected chi connectivity index (χ0v) is 12.9. The smallest absolute Gasteiger partial charge is 0.326 e. The van der Waals surface area contributed by atoms with Crippen molar-refractivity contribution < 1.29 is 14.7 Å². The van der Waals surface area contributed by atoms with Gasteiger partial charge in [-0.15, -0.1) is 0 Å². The normalized spacial score (nSPS) is 27.1. The van der Waals surface area contributed by atoms with Gasteiger partial charge in [-0.05, 0) is 49.4 Å². The van der Waals surface area contributed by atoms with Crippen LogP contribution in [-0.4, -0.2) is 39.0 Å². The first-order chi connectivity index (χ1) is 11.1. The van der Waals surface area contributed by atoms with E-state index in [1.54, 1.807) is 11.0 Å². The summed E-state index contributed by atoms with van der Waals surface area (Å²) < 4.78 is 0. The van der Waals surface area contributed by atoms with Gasteiger partial charge in [0.05, 0.1) is 0 Å². The molecule has 2 N–H and O–H groups in total. The second-order valence-electron chi connectivity index (χ2n) is 6.69. The molecule has 23 heavy (non-hydrogen) atoms. The molecular weight excluding hydrogens is 292 g/mol. The second kappa shape index (κ2) is 5.41. The molecule has 1 aromatic heterocycles. The lowest BCUT2D eigenvalue weighted by Gasteiger charge is -2.33. The zero-order chi connectivity index (χ0) is 16.0. The van der Waals surface area contributed by atoms with Gasteiger partial charge in [0, 0.05) is 28.7 Å². The summed E-state index contributed by atoms with van der Waals surface area (Å²) in [6.07, 6.45) is 6.62. The number of carbonyl (C=O) groups excluding carboxylic acids is 1. The Hall–Kier alpha value is -2.30. The van der Waals surface area contributed by atoms with Crippen molar-refractivity contribution in [2.24, 2.45) is 5.92 Å². The maximum absolute atomic E-state index is 13.0. The molecule has 1 aromatic carbocycles. The average molecular weight is 312 g/mol. The molecule has 1 aliphatic carbocycles. The maximum Gasteiger partial charge on any atom is 0.326 e. The molecule has 0 radical (unpaired) electrons. The number of nitrogens with one attached hydrogen (secondary N) is 1. The van der Waals surface area contributed by atoms with Gasteiger partial charge < -0.3 is 15.0 Å². The Balaban J connectivity index is 1.70. The number of aromatic amines is 1. The minimum absolute atomic E-state index is 0.0827. The van der Waals surface area contributed by atoms with Crippen LogP contribution in [0.25, 0.3) is 10.9 Å². The zero-order valence-electron chi connectivity index (χ0n) is 12.9. The van der Waals surface area contributed by atoms with Crippen LogP contribution in [0, 0.1) is 5.92 Å². The summed E-state index contributed by atoms with van der Waals surface area (Å²) in [6.45, 7) is 0. The Kier molecular flexibility index (Phi) is 3.36. The van der Waals surface area contributed by atoms with Crippen molar-refractivity contribution in [2.45, 2.75) is 44.2 Å². The molecule has 1 amide bonds. The van der Waals surface area contributed by atoms with E-state index in [0.29, 0.717) is 17.9 Å². The summed E-state index contributed by atoms with van der Waals surface area (Å²) >= 11 is 0. The molecule has 1 saturated carbocycles. The molecule has 2 aliphatic rings. The maximum atomic E-state index is 13.0. The van der Waals surface area contributed by atoms with Crippen molar-refractivity contribution in [2.75, 3.05) is 0 Å². The van der Waals surface area contributed by atoms with E-state index in [9.17, 15) is 14.7 Å². The second-order valence-corrected chi connectivity index (χ2v) is 6.69. The molecule has 0 bridgehead atoms. The van der Waals surface area contributed by atoms with Gasteiger partial charge in [-0.3, -0.25) is 4.79 Å². The third-order valence-electron chi connectivity index (χ3n) is 5.41. The summed E-state index contributed by atoms with van der Waals surface area (Å²) in [4.78, 5) is 29.5. The highest BCUT2D eigenvalue weighted by atomic mass is 16.4. The first-order valence-corrected chi connectivity index (χ1v) is 8.28. The molecule has 5 nitrogen and oxygen atoms in total. The minimum atomic E-state index is -0.879. The number of nitrogens with zero attached hydrogens (tertiary/aromatic N) is 1. The van der Waals surface area contributed by atoms with Crippen molar-refractivity contribution in [1.29, 1.82) is 0 Å². The highest BCUT2D eigenvalue weighted by Crippen LogP contribution is 2.40. The number of amides is 1. The van der Waals surface area contributed by atoms with Crippen LogP contribution in [-0.2, 0) is 4.79 Å². The molecule has 5 heteroatoms. The number of fused-ring (bicyclic) bond motifs is 2. The van der Waals surface area contributed by atoms with E-state index in [0.717, 1.165) is 36.6 Å². The van der Waals surface area contributed by atoms with E-state index in [1.165, 1.54) is 0 Å². The van der Waals surface area contributed by atoms with Crippen molar-refractivity contribution in [3.8, 4) is 0 Å². The largest absolute Gasteiger partial charge is 0.480 e.